The van der Waals surface area contributed by atoms with Gasteiger partial charge in [-0.1, -0.05) is 20.3 Å². The second kappa shape index (κ2) is 4.93. The van der Waals surface area contributed by atoms with Gasteiger partial charge in [0.15, 0.2) is 0 Å². The summed E-state index contributed by atoms with van der Waals surface area (Å²) in [6.07, 6.45) is 1.71. The summed E-state index contributed by atoms with van der Waals surface area (Å²) < 4.78 is 0. The van der Waals surface area contributed by atoms with E-state index in [0.29, 0.717) is 0 Å². The van der Waals surface area contributed by atoms with Crippen LogP contribution in [0.2, 0.25) is 0 Å². The minimum atomic E-state index is -0.725. The van der Waals surface area contributed by atoms with Crippen LogP contribution in [0, 0.1) is 16.0 Å². The van der Waals surface area contributed by atoms with Crippen molar-refractivity contribution >= 4 is 0 Å². The molecule has 0 aliphatic carbocycles. The van der Waals surface area contributed by atoms with E-state index in [1.165, 1.54) is 0 Å². The van der Waals surface area contributed by atoms with E-state index in [2.05, 4.69) is 11.8 Å². The van der Waals surface area contributed by atoms with Gasteiger partial charge in [-0.2, -0.15) is 0 Å². The fraction of sp³-hybridized carbons (Fsp3) is 1.00. The summed E-state index contributed by atoms with van der Waals surface area (Å²) in [5.41, 5.74) is 0. The highest BCUT2D eigenvalue weighted by molar-refractivity contribution is 4.58. The fourth-order valence-corrected chi connectivity index (χ4v) is 0.930. The topological polar surface area (TPSA) is 52.4 Å². The van der Waals surface area contributed by atoms with E-state index < -0.39 is 5.09 Å². The van der Waals surface area contributed by atoms with Crippen molar-refractivity contribution in [3.63, 3.8) is 0 Å². The van der Waals surface area contributed by atoms with Crippen LogP contribution >= 0.6 is 0 Å². The maximum Gasteiger partial charge on any atom is 0.294 e. The molecular weight excluding hydrogens is 146 g/mol. The highest BCUT2D eigenvalue weighted by atomic mass is 17.0. The quantitative estimate of drug-likeness (QED) is 0.458. The summed E-state index contributed by atoms with van der Waals surface area (Å²) in [6, 6.07) is 0. The van der Waals surface area contributed by atoms with Crippen LogP contribution in [0.25, 0.3) is 0 Å². The molecule has 0 heterocycles. The lowest BCUT2D eigenvalue weighted by atomic mass is 10.0. The zero-order chi connectivity index (χ0) is 8.85. The van der Waals surface area contributed by atoms with Gasteiger partial charge in [-0.25, -0.2) is 0 Å². The Morgan fingerprint density at radius 3 is 2.45 bits per heavy atom. The average molecular weight is 161 g/mol. The maximum absolute atomic E-state index is 9.90. The van der Waals surface area contributed by atoms with Crippen LogP contribution < -0.4 is 0 Å². The Morgan fingerprint density at radius 2 is 2.09 bits per heavy atom. The molecule has 66 valence electrons. The van der Waals surface area contributed by atoms with Gasteiger partial charge in [0.05, 0.1) is 0 Å². The third-order valence-corrected chi connectivity index (χ3v) is 1.80. The summed E-state index contributed by atoms with van der Waals surface area (Å²) >= 11 is 0. The zero-order valence-electron chi connectivity index (χ0n) is 7.24. The van der Waals surface area contributed by atoms with E-state index in [4.69, 9.17) is 0 Å². The first kappa shape index (κ1) is 10.2. The third-order valence-electron chi connectivity index (χ3n) is 1.80. The Balaban J connectivity index is 3.63. The molecule has 0 aromatic heterocycles. The summed E-state index contributed by atoms with van der Waals surface area (Å²) in [5.74, 6) is 0.255. The van der Waals surface area contributed by atoms with Gasteiger partial charge in [0, 0.05) is 0 Å². The van der Waals surface area contributed by atoms with E-state index in [0.717, 1.165) is 12.8 Å². The molecule has 11 heavy (non-hydrogen) atoms. The summed E-state index contributed by atoms with van der Waals surface area (Å²) in [6.45, 7) is 5.73. The molecule has 0 N–H and O–H groups in total. The molecule has 0 fully saturated rings. The number of rotatable bonds is 5. The van der Waals surface area contributed by atoms with Crippen molar-refractivity contribution < 1.29 is 9.92 Å². The first-order valence-corrected chi connectivity index (χ1v) is 3.89. The zero-order valence-corrected chi connectivity index (χ0v) is 7.24. The molecule has 4 heteroatoms. The SMILES string of the molecule is CCCC(C)C(C)O[N+](=O)[O-]. The van der Waals surface area contributed by atoms with Crippen molar-refractivity contribution in [1.29, 1.82) is 0 Å². The smallest absolute Gasteiger partial charge is 0.294 e. The van der Waals surface area contributed by atoms with E-state index in [9.17, 15) is 10.1 Å². The van der Waals surface area contributed by atoms with Gasteiger partial charge in [0.2, 0.25) is 0 Å². The molecule has 0 rings (SSSR count). The Kier molecular flexibility index (Phi) is 4.57. The normalized spacial score (nSPS) is 15.5. The summed E-state index contributed by atoms with van der Waals surface area (Å²) in [4.78, 5) is 14.3. The lowest BCUT2D eigenvalue weighted by Gasteiger charge is -2.16. The number of nitrogens with zero attached hydrogens (tertiary/aromatic N) is 1. The summed E-state index contributed by atoms with van der Waals surface area (Å²) in [5, 5.41) is 9.18. The molecule has 0 aromatic rings. The fourth-order valence-electron chi connectivity index (χ4n) is 0.930. The van der Waals surface area contributed by atoms with E-state index in [1.54, 1.807) is 6.92 Å². The standard InChI is InChI=1S/C7H15NO3/c1-4-5-6(2)7(3)11-8(9)10/h6-7H,4-5H2,1-3H3. The first-order chi connectivity index (χ1) is 5.07. The molecule has 0 saturated carbocycles. The second-order valence-corrected chi connectivity index (χ2v) is 2.80. The largest absolute Gasteiger partial charge is 0.311 e. The molecule has 0 saturated heterocycles. The molecule has 0 bridgehead atoms. The molecule has 0 aliphatic rings. The molecule has 2 atom stereocenters. The lowest BCUT2D eigenvalue weighted by Crippen LogP contribution is -2.21. The monoisotopic (exact) mass is 161 g/mol. The van der Waals surface area contributed by atoms with Crippen LogP contribution in [0.3, 0.4) is 0 Å². The van der Waals surface area contributed by atoms with Crippen molar-refractivity contribution in [2.45, 2.75) is 39.7 Å². The van der Waals surface area contributed by atoms with Gasteiger partial charge in [-0.3, -0.25) is 0 Å². The van der Waals surface area contributed by atoms with E-state index in [-0.39, 0.29) is 12.0 Å². The number of hydrogen-bond donors (Lipinski definition) is 0. The predicted octanol–water partition coefficient (Wildman–Crippen LogP) is 2.02. The van der Waals surface area contributed by atoms with Crippen molar-refractivity contribution in [2.24, 2.45) is 5.92 Å². The summed E-state index contributed by atoms with van der Waals surface area (Å²) in [7, 11) is 0. The van der Waals surface area contributed by atoms with Crippen molar-refractivity contribution in [1.82, 2.24) is 0 Å². The molecule has 0 aromatic carbocycles. The molecule has 2 unspecified atom stereocenters. The van der Waals surface area contributed by atoms with Gasteiger partial charge < -0.3 is 4.84 Å². The lowest BCUT2D eigenvalue weighted by molar-refractivity contribution is -0.769. The highest BCUT2D eigenvalue weighted by Crippen LogP contribution is 2.12. The van der Waals surface area contributed by atoms with Crippen LogP contribution in [0.4, 0.5) is 0 Å². The Labute approximate surface area is 66.6 Å². The Morgan fingerprint density at radius 1 is 1.55 bits per heavy atom. The van der Waals surface area contributed by atoms with Crippen LogP contribution in [0.5, 0.6) is 0 Å². The van der Waals surface area contributed by atoms with Gasteiger partial charge in [0.25, 0.3) is 5.09 Å². The minimum absolute atomic E-state index is 0.255. The highest BCUT2D eigenvalue weighted by Gasteiger charge is 2.14. The molecule has 0 spiro atoms. The Bertz CT molecular complexity index is 127. The van der Waals surface area contributed by atoms with Crippen LogP contribution in [-0.4, -0.2) is 11.2 Å². The minimum Gasteiger partial charge on any atom is -0.311 e. The molecular formula is C7H15NO3. The van der Waals surface area contributed by atoms with Crippen LogP contribution in [-0.2, 0) is 4.84 Å². The van der Waals surface area contributed by atoms with Crippen molar-refractivity contribution in [3.05, 3.63) is 10.1 Å². The van der Waals surface area contributed by atoms with Gasteiger partial charge in [0.1, 0.15) is 6.10 Å². The predicted molar refractivity (Wildman–Crippen MR) is 41.6 cm³/mol. The van der Waals surface area contributed by atoms with E-state index in [1.807, 2.05) is 6.92 Å². The number of hydrogen-bond acceptors (Lipinski definition) is 3. The first-order valence-electron chi connectivity index (χ1n) is 3.89. The van der Waals surface area contributed by atoms with E-state index >= 15 is 0 Å². The molecule has 0 radical (unpaired) electrons. The molecule has 0 amide bonds. The van der Waals surface area contributed by atoms with Crippen LogP contribution in [0.1, 0.15) is 33.6 Å². The van der Waals surface area contributed by atoms with Gasteiger partial charge in [-0.05, 0) is 19.3 Å². The van der Waals surface area contributed by atoms with Crippen molar-refractivity contribution in [3.8, 4) is 0 Å². The van der Waals surface area contributed by atoms with Crippen LogP contribution in [0.15, 0.2) is 0 Å². The maximum atomic E-state index is 9.90. The Hall–Kier alpha value is -0.800. The van der Waals surface area contributed by atoms with Gasteiger partial charge in [-0.15, -0.1) is 10.1 Å². The molecule has 4 nitrogen and oxygen atoms in total. The van der Waals surface area contributed by atoms with Gasteiger partial charge >= 0.3 is 0 Å². The molecule has 0 aliphatic heterocycles. The average Bonchev–Trinajstić information content (AvgIpc) is 1.86. The third kappa shape index (κ3) is 4.58. The van der Waals surface area contributed by atoms with Crippen molar-refractivity contribution in [2.75, 3.05) is 0 Å². The second-order valence-electron chi connectivity index (χ2n) is 2.80.